The van der Waals surface area contributed by atoms with Crippen LogP contribution in [0.25, 0.3) is 11.6 Å². The van der Waals surface area contributed by atoms with Crippen molar-refractivity contribution >= 4 is 23.4 Å². The molecular formula is C13H9N3O2. The van der Waals surface area contributed by atoms with Crippen LogP contribution in [0.4, 0.5) is 5.82 Å². The average Bonchev–Trinajstić information content (AvgIpc) is 2.67. The first-order chi connectivity index (χ1) is 8.66. The van der Waals surface area contributed by atoms with Crippen molar-refractivity contribution in [1.82, 2.24) is 9.55 Å². The third-order valence-corrected chi connectivity index (χ3v) is 2.76. The van der Waals surface area contributed by atoms with E-state index >= 15 is 0 Å². The third-order valence-electron chi connectivity index (χ3n) is 2.76. The minimum absolute atomic E-state index is 0.115. The summed E-state index contributed by atoms with van der Waals surface area (Å²) in [6, 6.07) is 10.3. The summed E-state index contributed by atoms with van der Waals surface area (Å²) in [5.41, 5.74) is 6.25. The number of hydrogen-bond acceptors (Lipinski definition) is 4. The van der Waals surface area contributed by atoms with Gasteiger partial charge in [0.15, 0.2) is 0 Å². The van der Waals surface area contributed by atoms with Crippen molar-refractivity contribution in [2.45, 2.75) is 0 Å². The van der Waals surface area contributed by atoms with Crippen molar-refractivity contribution in [2.24, 2.45) is 0 Å². The van der Waals surface area contributed by atoms with Crippen molar-refractivity contribution in [3.63, 3.8) is 0 Å². The summed E-state index contributed by atoms with van der Waals surface area (Å²) in [5.74, 6) is 0.0298. The molecule has 0 saturated heterocycles. The number of rotatable bonds is 1. The zero-order valence-corrected chi connectivity index (χ0v) is 9.33. The predicted octanol–water partition coefficient (Wildman–Crippen LogP) is 1.02. The predicted molar refractivity (Wildman–Crippen MR) is 67.8 cm³/mol. The molecule has 1 aromatic carbocycles. The fourth-order valence-corrected chi connectivity index (χ4v) is 1.96. The number of anilines is 1. The van der Waals surface area contributed by atoms with E-state index in [-0.39, 0.29) is 17.5 Å². The van der Waals surface area contributed by atoms with E-state index in [0.29, 0.717) is 5.57 Å². The molecule has 2 heterocycles. The van der Waals surface area contributed by atoms with Crippen LogP contribution in [0, 0.1) is 0 Å². The standard InChI is InChI=1S/C13H9N3O2/c14-10-7-12(17)16-11(15-10)6-9(13(16)18)8-4-2-1-3-5-8/h1-7H,14H2. The van der Waals surface area contributed by atoms with E-state index in [4.69, 9.17) is 5.73 Å². The van der Waals surface area contributed by atoms with E-state index in [1.807, 2.05) is 30.3 Å². The average molecular weight is 239 g/mol. The van der Waals surface area contributed by atoms with Crippen LogP contribution in [-0.2, 0) is 0 Å². The van der Waals surface area contributed by atoms with E-state index in [1.165, 1.54) is 0 Å². The first-order valence-corrected chi connectivity index (χ1v) is 5.38. The fourth-order valence-electron chi connectivity index (χ4n) is 1.96. The van der Waals surface area contributed by atoms with E-state index < -0.39 is 5.56 Å². The maximum absolute atomic E-state index is 12.1. The van der Waals surface area contributed by atoms with Crippen LogP contribution in [-0.4, -0.2) is 15.5 Å². The summed E-state index contributed by atoms with van der Waals surface area (Å²) in [4.78, 5) is 27.8. The molecule has 5 nitrogen and oxygen atoms in total. The van der Waals surface area contributed by atoms with Gasteiger partial charge in [0.1, 0.15) is 11.6 Å². The number of fused-ring (bicyclic) bond motifs is 1. The number of nitrogens with zero attached hydrogens (tertiary/aromatic N) is 2. The molecule has 0 aliphatic carbocycles. The topological polar surface area (TPSA) is 78.0 Å². The quantitative estimate of drug-likeness (QED) is 0.805. The molecular weight excluding hydrogens is 230 g/mol. The molecule has 0 amide bonds. The van der Waals surface area contributed by atoms with Crippen LogP contribution in [0.5, 0.6) is 0 Å². The van der Waals surface area contributed by atoms with Crippen molar-refractivity contribution in [3.8, 4) is 0 Å². The maximum atomic E-state index is 12.1. The Morgan fingerprint density at radius 3 is 2.56 bits per heavy atom. The molecule has 1 aliphatic heterocycles. The molecule has 0 unspecified atom stereocenters. The molecule has 1 aromatic heterocycles. The lowest BCUT2D eigenvalue weighted by molar-refractivity contribution is 0.0979. The third kappa shape index (κ3) is 1.45. The highest BCUT2D eigenvalue weighted by Gasteiger charge is 2.25. The summed E-state index contributed by atoms with van der Waals surface area (Å²) in [7, 11) is 0. The van der Waals surface area contributed by atoms with Gasteiger partial charge in [0, 0.05) is 6.07 Å². The Balaban J connectivity index is 2.20. The second kappa shape index (κ2) is 3.66. The molecule has 2 aromatic rings. The highest BCUT2D eigenvalue weighted by Crippen LogP contribution is 2.24. The number of benzene rings is 1. The van der Waals surface area contributed by atoms with Crippen LogP contribution < -0.4 is 11.3 Å². The molecule has 0 saturated carbocycles. The van der Waals surface area contributed by atoms with Crippen LogP contribution in [0.15, 0.2) is 41.2 Å². The van der Waals surface area contributed by atoms with Gasteiger partial charge in [-0.2, -0.15) is 0 Å². The Hall–Kier alpha value is -2.69. The first-order valence-electron chi connectivity index (χ1n) is 5.38. The lowest BCUT2D eigenvalue weighted by Gasteiger charge is -2.02. The molecule has 0 bridgehead atoms. The molecule has 3 rings (SSSR count). The van der Waals surface area contributed by atoms with Gasteiger partial charge in [0.2, 0.25) is 0 Å². The van der Waals surface area contributed by atoms with E-state index in [2.05, 4.69) is 4.98 Å². The fraction of sp³-hybridized carbons (Fsp3) is 0. The first kappa shape index (κ1) is 10.5. The van der Waals surface area contributed by atoms with E-state index in [0.717, 1.165) is 16.2 Å². The monoisotopic (exact) mass is 239 g/mol. The molecule has 2 N–H and O–H groups in total. The maximum Gasteiger partial charge on any atom is 0.267 e. The summed E-state index contributed by atoms with van der Waals surface area (Å²) in [6.07, 6.45) is 1.58. The largest absolute Gasteiger partial charge is 0.383 e. The van der Waals surface area contributed by atoms with Crippen LogP contribution in [0.3, 0.4) is 0 Å². The normalized spacial score (nSPS) is 13.3. The SMILES string of the molecule is Nc1cc(=O)n2c(n1)C=C(c1ccccc1)C2=O. The summed E-state index contributed by atoms with van der Waals surface area (Å²) in [6.45, 7) is 0. The van der Waals surface area contributed by atoms with Gasteiger partial charge in [-0.3, -0.25) is 9.59 Å². The number of carbonyl (C=O) groups excluding carboxylic acids is 1. The Morgan fingerprint density at radius 2 is 1.83 bits per heavy atom. The van der Waals surface area contributed by atoms with Crippen molar-refractivity contribution in [1.29, 1.82) is 0 Å². The molecule has 5 heteroatoms. The zero-order valence-electron chi connectivity index (χ0n) is 9.33. The number of nitrogens with two attached hydrogens (primary N) is 1. The number of carbonyl (C=O) groups is 1. The van der Waals surface area contributed by atoms with Crippen LogP contribution in [0.1, 0.15) is 16.2 Å². The Morgan fingerprint density at radius 1 is 1.11 bits per heavy atom. The number of hydrogen-bond donors (Lipinski definition) is 1. The highest BCUT2D eigenvalue weighted by atomic mass is 16.2. The molecule has 0 fully saturated rings. The second-order valence-corrected chi connectivity index (χ2v) is 3.94. The van der Waals surface area contributed by atoms with Crippen molar-refractivity contribution in [2.75, 3.05) is 5.73 Å². The van der Waals surface area contributed by atoms with Gasteiger partial charge in [-0.1, -0.05) is 30.3 Å². The molecule has 0 atom stereocenters. The zero-order chi connectivity index (χ0) is 12.7. The molecule has 0 radical (unpaired) electrons. The lowest BCUT2D eigenvalue weighted by atomic mass is 10.1. The van der Waals surface area contributed by atoms with Gasteiger partial charge < -0.3 is 5.73 Å². The highest BCUT2D eigenvalue weighted by molar-refractivity contribution is 6.28. The molecule has 0 spiro atoms. The van der Waals surface area contributed by atoms with Gasteiger partial charge in [-0.05, 0) is 11.6 Å². The van der Waals surface area contributed by atoms with Gasteiger partial charge in [0.05, 0.1) is 5.57 Å². The van der Waals surface area contributed by atoms with Crippen LogP contribution >= 0.6 is 0 Å². The van der Waals surface area contributed by atoms with Gasteiger partial charge in [0.25, 0.3) is 11.5 Å². The van der Waals surface area contributed by atoms with Crippen molar-refractivity contribution in [3.05, 3.63) is 58.1 Å². The molecule has 88 valence electrons. The number of allylic oxidation sites excluding steroid dienone is 1. The Bertz CT molecular complexity index is 730. The summed E-state index contributed by atoms with van der Waals surface area (Å²) in [5, 5.41) is 0. The smallest absolute Gasteiger partial charge is 0.267 e. The Labute approximate surface area is 102 Å². The second-order valence-electron chi connectivity index (χ2n) is 3.94. The van der Waals surface area contributed by atoms with E-state index in [9.17, 15) is 9.59 Å². The van der Waals surface area contributed by atoms with E-state index in [1.54, 1.807) is 6.08 Å². The lowest BCUT2D eigenvalue weighted by Crippen LogP contribution is -2.26. The number of nitrogen functional groups attached to an aromatic ring is 1. The van der Waals surface area contributed by atoms with Gasteiger partial charge in [-0.15, -0.1) is 0 Å². The Kier molecular flexibility index (Phi) is 2.13. The summed E-state index contributed by atoms with van der Waals surface area (Å²) < 4.78 is 1.03. The minimum Gasteiger partial charge on any atom is -0.383 e. The molecule has 18 heavy (non-hydrogen) atoms. The number of aromatic nitrogens is 2. The van der Waals surface area contributed by atoms with Gasteiger partial charge in [-0.25, -0.2) is 9.55 Å². The van der Waals surface area contributed by atoms with Crippen LogP contribution in [0.2, 0.25) is 0 Å². The van der Waals surface area contributed by atoms with Gasteiger partial charge >= 0.3 is 0 Å². The summed E-state index contributed by atoms with van der Waals surface area (Å²) >= 11 is 0. The molecule has 1 aliphatic rings. The van der Waals surface area contributed by atoms with Crippen molar-refractivity contribution < 1.29 is 4.79 Å². The minimum atomic E-state index is -0.454.